The van der Waals surface area contributed by atoms with E-state index in [2.05, 4.69) is 20.8 Å². The van der Waals surface area contributed by atoms with E-state index < -0.39 is 0 Å². The molecule has 0 saturated carbocycles. The van der Waals surface area contributed by atoms with Crippen LogP contribution in [-0.2, 0) is 6.42 Å². The van der Waals surface area contributed by atoms with Crippen molar-refractivity contribution < 1.29 is 0 Å². The molecule has 0 bridgehead atoms. The van der Waals surface area contributed by atoms with E-state index in [9.17, 15) is 4.79 Å². The monoisotopic (exact) mass is 344 g/mol. The highest BCUT2D eigenvalue weighted by Crippen LogP contribution is 2.30. The molecule has 0 amide bonds. The van der Waals surface area contributed by atoms with Gasteiger partial charge in [0.25, 0.3) is 5.56 Å². The SMILES string of the molecule is CCCc1sc2nc(SCC)n(-c3ccccc3)c(=O)c2c1C. The highest BCUT2D eigenvalue weighted by atomic mass is 32.2. The molecule has 0 radical (unpaired) electrons. The number of para-hydroxylation sites is 1. The van der Waals surface area contributed by atoms with Gasteiger partial charge in [0, 0.05) is 4.88 Å². The standard InChI is InChI=1S/C18H20N2OS2/c1-4-9-14-12(3)15-16(23-14)19-18(22-5-2)20(17(15)21)13-10-7-6-8-11-13/h6-8,10-11H,4-5,9H2,1-3H3. The Bertz CT molecular complexity index is 881. The van der Waals surface area contributed by atoms with Gasteiger partial charge in [-0.1, -0.05) is 50.2 Å². The van der Waals surface area contributed by atoms with Crippen molar-refractivity contribution in [2.75, 3.05) is 5.75 Å². The van der Waals surface area contributed by atoms with E-state index in [1.165, 1.54) is 4.88 Å². The van der Waals surface area contributed by atoms with Crippen LogP contribution in [0.25, 0.3) is 15.9 Å². The summed E-state index contributed by atoms with van der Waals surface area (Å²) in [6.45, 7) is 6.30. The minimum absolute atomic E-state index is 0.0493. The second kappa shape index (κ2) is 6.89. The maximum absolute atomic E-state index is 13.2. The number of rotatable bonds is 5. The van der Waals surface area contributed by atoms with Crippen LogP contribution in [0.4, 0.5) is 0 Å². The van der Waals surface area contributed by atoms with Crippen molar-refractivity contribution in [1.82, 2.24) is 9.55 Å². The van der Waals surface area contributed by atoms with Gasteiger partial charge in [-0.2, -0.15) is 0 Å². The zero-order valence-electron chi connectivity index (χ0n) is 13.6. The molecule has 2 aromatic heterocycles. The van der Waals surface area contributed by atoms with Crippen molar-refractivity contribution in [3.05, 3.63) is 51.1 Å². The molecular formula is C18H20N2OS2. The van der Waals surface area contributed by atoms with Crippen LogP contribution in [0, 0.1) is 6.92 Å². The number of thioether (sulfide) groups is 1. The third-order valence-electron chi connectivity index (χ3n) is 3.80. The fourth-order valence-electron chi connectivity index (χ4n) is 2.71. The van der Waals surface area contributed by atoms with Gasteiger partial charge in [-0.05, 0) is 36.8 Å². The third kappa shape index (κ3) is 2.95. The van der Waals surface area contributed by atoms with Crippen molar-refractivity contribution in [3.63, 3.8) is 0 Å². The zero-order valence-corrected chi connectivity index (χ0v) is 15.3. The summed E-state index contributed by atoms with van der Waals surface area (Å²) in [5.74, 6) is 0.886. The van der Waals surface area contributed by atoms with Crippen molar-refractivity contribution in [2.24, 2.45) is 0 Å². The Morgan fingerprint density at radius 3 is 2.61 bits per heavy atom. The topological polar surface area (TPSA) is 34.9 Å². The molecule has 23 heavy (non-hydrogen) atoms. The zero-order chi connectivity index (χ0) is 16.4. The summed E-state index contributed by atoms with van der Waals surface area (Å²) >= 11 is 3.28. The lowest BCUT2D eigenvalue weighted by atomic mass is 10.1. The van der Waals surface area contributed by atoms with Gasteiger partial charge in [0.2, 0.25) is 0 Å². The summed E-state index contributed by atoms with van der Waals surface area (Å²) < 4.78 is 1.76. The first kappa shape index (κ1) is 16.3. The van der Waals surface area contributed by atoms with Gasteiger partial charge in [-0.3, -0.25) is 9.36 Å². The second-order valence-corrected chi connectivity index (χ2v) is 7.70. The molecule has 3 aromatic rings. The Hall–Kier alpha value is -1.59. The molecule has 0 aliphatic heterocycles. The Kier molecular flexibility index (Phi) is 4.87. The fourth-order valence-corrected chi connectivity index (χ4v) is 4.77. The first-order chi connectivity index (χ1) is 11.2. The predicted octanol–water partition coefficient (Wildman–Crippen LogP) is 4.82. The van der Waals surface area contributed by atoms with Crippen molar-refractivity contribution in [3.8, 4) is 5.69 Å². The number of aromatic nitrogens is 2. The molecule has 0 fully saturated rings. The maximum Gasteiger partial charge on any atom is 0.267 e. The number of fused-ring (bicyclic) bond motifs is 1. The molecular weight excluding hydrogens is 324 g/mol. The van der Waals surface area contributed by atoms with Crippen LogP contribution < -0.4 is 5.56 Å². The molecule has 0 atom stereocenters. The summed E-state index contributed by atoms with van der Waals surface area (Å²) in [6.07, 6.45) is 2.09. The number of hydrogen-bond donors (Lipinski definition) is 0. The number of hydrogen-bond acceptors (Lipinski definition) is 4. The molecule has 0 saturated heterocycles. The largest absolute Gasteiger partial charge is 0.268 e. The molecule has 2 heterocycles. The van der Waals surface area contributed by atoms with Crippen LogP contribution >= 0.6 is 23.1 Å². The average Bonchev–Trinajstić information content (AvgIpc) is 2.85. The van der Waals surface area contributed by atoms with Crippen LogP contribution in [-0.4, -0.2) is 15.3 Å². The van der Waals surface area contributed by atoms with E-state index in [0.29, 0.717) is 0 Å². The molecule has 0 N–H and O–H groups in total. The van der Waals surface area contributed by atoms with Crippen LogP contribution in [0.5, 0.6) is 0 Å². The Balaban J connectivity index is 2.33. The molecule has 3 rings (SSSR count). The lowest BCUT2D eigenvalue weighted by Gasteiger charge is -2.11. The fraction of sp³-hybridized carbons (Fsp3) is 0.333. The highest BCUT2D eigenvalue weighted by Gasteiger charge is 2.18. The smallest absolute Gasteiger partial charge is 0.267 e. The van der Waals surface area contributed by atoms with Crippen LogP contribution in [0.3, 0.4) is 0 Å². The number of aryl methyl sites for hydroxylation is 2. The Labute approximate surface area is 144 Å². The lowest BCUT2D eigenvalue weighted by Crippen LogP contribution is -2.21. The first-order valence-electron chi connectivity index (χ1n) is 7.90. The van der Waals surface area contributed by atoms with Crippen molar-refractivity contribution >= 4 is 33.3 Å². The van der Waals surface area contributed by atoms with Crippen molar-refractivity contribution in [1.29, 1.82) is 0 Å². The van der Waals surface area contributed by atoms with Crippen LogP contribution in [0.2, 0.25) is 0 Å². The Morgan fingerprint density at radius 1 is 1.22 bits per heavy atom. The first-order valence-corrected chi connectivity index (χ1v) is 9.70. The van der Waals surface area contributed by atoms with Crippen LogP contribution in [0.15, 0.2) is 40.3 Å². The number of benzene rings is 1. The number of nitrogens with zero attached hydrogens (tertiary/aromatic N) is 2. The summed E-state index contributed by atoms with van der Waals surface area (Å²) in [5.41, 5.74) is 2.03. The van der Waals surface area contributed by atoms with Gasteiger partial charge in [-0.15, -0.1) is 11.3 Å². The normalized spacial score (nSPS) is 11.3. The molecule has 1 aromatic carbocycles. The van der Waals surface area contributed by atoms with E-state index in [1.54, 1.807) is 27.7 Å². The van der Waals surface area contributed by atoms with Gasteiger partial charge < -0.3 is 0 Å². The van der Waals surface area contributed by atoms with E-state index >= 15 is 0 Å². The van der Waals surface area contributed by atoms with E-state index in [0.717, 1.165) is 45.2 Å². The minimum Gasteiger partial charge on any atom is -0.268 e. The van der Waals surface area contributed by atoms with Gasteiger partial charge in [0.05, 0.1) is 11.1 Å². The molecule has 5 heteroatoms. The highest BCUT2D eigenvalue weighted by molar-refractivity contribution is 7.99. The molecule has 0 aliphatic carbocycles. The average molecular weight is 345 g/mol. The predicted molar refractivity (Wildman–Crippen MR) is 100 cm³/mol. The lowest BCUT2D eigenvalue weighted by molar-refractivity contribution is 0.822. The maximum atomic E-state index is 13.2. The van der Waals surface area contributed by atoms with E-state index in [1.807, 2.05) is 30.3 Å². The van der Waals surface area contributed by atoms with Crippen LogP contribution in [0.1, 0.15) is 30.7 Å². The summed E-state index contributed by atoms with van der Waals surface area (Å²) in [7, 11) is 0. The van der Waals surface area contributed by atoms with Gasteiger partial charge in [0.1, 0.15) is 4.83 Å². The number of thiophene rings is 1. The van der Waals surface area contributed by atoms with Gasteiger partial charge in [-0.25, -0.2) is 4.98 Å². The summed E-state index contributed by atoms with van der Waals surface area (Å²) in [4.78, 5) is 20.1. The van der Waals surface area contributed by atoms with Gasteiger partial charge >= 0.3 is 0 Å². The Morgan fingerprint density at radius 2 is 1.96 bits per heavy atom. The van der Waals surface area contributed by atoms with E-state index in [-0.39, 0.29) is 5.56 Å². The summed E-state index contributed by atoms with van der Waals surface area (Å²) in [5, 5.41) is 1.56. The molecule has 0 aliphatic rings. The van der Waals surface area contributed by atoms with Gasteiger partial charge in [0.15, 0.2) is 5.16 Å². The quantitative estimate of drug-likeness (QED) is 0.491. The summed E-state index contributed by atoms with van der Waals surface area (Å²) in [6, 6.07) is 9.79. The molecule has 120 valence electrons. The molecule has 0 spiro atoms. The molecule has 0 unspecified atom stereocenters. The van der Waals surface area contributed by atoms with E-state index in [4.69, 9.17) is 4.98 Å². The third-order valence-corrected chi connectivity index (χ3v) is 5.86. The van der Waals surface area contributed by atoms with Crippen molar-refractivity contribution in [2.45, 2.75) is 38.8 Å². The molecule has 3 nitrogen and oxygen atoms in total. The second-order valence-electron chi connectivity index (χ2n) is 5.38. The minimum atomic E-state index is 0.0493.